The number of rotatable bonds is 2. The van der Waals surface area contributed by atoms with E-state index in [0.29, 0.717) is 4.88 Å². The molecule has 0 bridgehead atoms. The topological polar surface area (TPSA) is 52.1 Å². The van der Waals surface area contributed by atoms with E-state index in [1.807, 2.05) is 19.1 Å². The minimum absolute atomic E-state index is 0.358. The molecule has 0 aromatic carbocycles. The van der Waals surface area contributed by atoms with Gasteiger partial charge in [0.2, 0.25) is 0 Å². The molecule has 0 aliphatic carbocycles. The maximum atomic E-state index is 11.2. The van der Waals surface area contributed by atoms with Crippen LogP contribution in [-0.4, -0.2) is 23.0 Å². The van der Waals surface area contributed by atoms with E-state index in [0.717, 1.165) is 16.3 Å². The summed E-state index contributed by atoms with van der Waals surface area (Å²) in [7, 11) is 1.36. The lowest BCUT2D eigenvalue weighted by Crippen LogP contribution is -1.96. The number of nitrogens with zero attached hydrogens (tertiary/aromatic N) is 2. The van der Waals surface area contributed by atoms with Gasteiger partial charge < -0.3 is 4.74 Å². The molecule has 0 atom stereocenters. The molecule has 0 radical (unpaired) electrons. The van der Waals surface area contributed by atoms with Crippen molar-refractivity contribution in [1.82, 2.24) is 9.97 Å². The van der Waals surface area contributed by atoms with E-state index in [2.05, 4.69) is 14.7 Å². The second kappa shape index (κ2) is 4.40. The zero-order valence-electron chi connectivity index (χ0n) is 8.93. The van der Waals surface area contributed by atoms with Crippen molar-refractivity contribution >= 4 is 17.3 Å². The fraction of sp³-hybridized carbons (Fsp3) is 0.182. The fourth-order valence-electron chi connectivity index (χ4n) is 1.20. The molecule has 16 heavy (non-hydrogen) atoms. The van der Waals surface area contributed by atoms with E-state index >= 15 is 0 Å². The van der Waals surface area contributed by atoms with Crippen LogP contribution in [0.15, 0.2) is 24.5 Å². The van der Waals surface area contributed by atoms with Crippen molar-refractivity contribution in [3.05, 3.63) is 35.1 Å². The monoisotopic (exact) mass is 234 g/mol. The third-order valence-electron chi connectivity index (χ3n) is 2.05. The molecule has 82 valence electrons. The highest BCUT2D eigenvalue weighted by Gasteiger charge is 2.11. The van der Waals surface area contributed by atoms with Crippen LogP contribution in [0.4, 0.5) is 0 Å². The molecule has 0 unspecified atom stereocenters. The van der Waals surface area contributed by atoms with E-state index in [1.165, 1.54) is 24.6 Å². The number of aryl methyl sites for hydroxylation is 1. The normalized spacial score (nSPS) is 10.1. The van der Waals surface area contributed by atoms with Gasteiger partial charge in [0.25, 0.3) is 0 Å². The van der Waals surface area contributed by atoms with Gasteiger partial charge in [0, 0.05) is 17.5 Å². The summed E-state index contributed by atoms with van der Waals surface area (Å²) in [6, 6.07) is 3.84. The molecular formula is C11H10N2O2S. The Hall–Kier alpha value is -1.75. The molecule has 2 aromatic heterocycles. The molecule has 0 aliphatic rings. The van der Waals surface area contributed by atoms with E-state index in [1.54, 1.807) is 6.20 Å². The molecule has 4 nitrogen and oxygen atoms in total. The van der Waals surface area contributed by atoms with E-state index in [4.69, 9.17) is 0 Å². The van der Waals surface area contributed by atoms with Crippen LogP contribution in [-0.2, 0) is 4.74 Å². The molecule has 2 rings (SSSR count). The number of ether oxygens (including phenoxy) is 1. The Labute approximate surface area is 96.9 Å². The van der Waals surface area contributed by atoms with E-state index < -0.39 is 0 Å². The predicted molar refractivity (Wildman–Crippen MR) is 61.4 cm³/mol. The van der Waals surface area contributed by atoms with Crippen molar-refractivity contribution in [1.29, 1.82) is 0 Å². The van der Waals surface area contributed by atoms with Crippen LogP contribution < -0.4 is 0 Å². The average Bonchev–Trinajstić information content (AvgIpc) is 2.78. The minimum atomic E-state index is -0.358. The molecule has 0 amide bonds. The SMILES string of the molecule is COC(=O)c1cnc(-c2ccc(C)nc2)s1. The molecule has 2 aromatic rings. The van der Waals surface area contributed by atoms with Gasteiger partial charge in [0.15, 0.2) is 0 Å². The van der Waals surface area contributed by atoms with Gasteiger partial charge in [-0.3, -0.25) is 4.98 Å². The number of aromatic nitrogens is 2. The van der Waals surface area contributed by atoms with Crippen LogP contribution in [0, 0.1) is 6.92 Å². The molecule has 2 heterocycles. The summed E-state index contributed by atoms with van der Waals surface area (Å²) in [5.41, 5.74) is 1.86. The van der Waals surface area contributed by atoms with E-state index in [-0.39, 0.29) is 5.97 Å². The van der Waals surface area contributed by atoms with Gasteiger partial charge in [-0.1, -0.05) is 0 Å². The summed E-state index contributed by atoms with van der Waals surface area (Å²) >= 11 is 1.30. The number of esters is 1. The average molecular weight is 234 g/mol. The Kier molecular flexibility index (Phi) is 2.96. The summed E-state index contributed by atoms with van der Waals surface area (Å²) in [6.45, 7) is 1.92. The van der Waals surface area contributed by atoms with Gasteiger partial charge in [0.05, 0.1) is 13.3 Å². The standard InChI is InChI=1S/C11H10N2O2S/c1-7-3-4-8(5-12-7)10-13-6-9(16-10)11(14)15-2/h3-6H,1-2H3. The van der Waals surface area contributed by atoms with Gasteiger partial charge in [-0.25, -0.2) is 9.78 Å². The molecule has 0 aliphatic heterocycles. The molecular weight excluding hydrogens is 224 g/mol. The Morgan fingerprint density at radius 1 is 1.31 bits per heavy atom. The largest absolute Gasteiger partial charge is 0.465 e. The third kappa shape index (κ3) is 2.09. The molecule has 0 saturated carbocycles. The maximum Gasteiger partial charge on any atom is 0.349 e. The summed E-state index contributed by atoms with van der Waals surface area (Å²) < 4.78 is 4.62. The summed E-state index contributed by atoms with van der Waals surface area (Å²) in [5, 5.41) is 0.771. The molecule has 0 fully saturated rings. The number of carbonyl (C=O) groups is 1. The van der Waals surface area contributed by atoms with Crippen molar-refractivity contribution < 1.29 is 9.53 Å². The Bertz CT molecular complexity index is 505. The fourth-order valence-corrected chi connectivity index (χ4v) is 2.02. The zero-order chi connectivity index (χ0) is 11.5. The number of carbonyl (C=O) groups excluding carboxylic acids is 1. The van der Waals surface area contributed by atoms with Crippen LogP contribution in [0.1, 0.15) is 15.4 Å². The van der Waals surface area contributed by atoms with E-state index in [9.17, 15) is 4.79 Å². The Morgan fingerprint density at radius 2 is 2.12 bits per heavy atom. The third-order valence-corrected chi connectivity index (χ3v) is 3.08. The molecule has 0 N–H and O–H groups in total. The number of pyridine rings is 1. The lowest BCUT2D eigenvalue weighted by atomic mass is 10.3. The first kappa shape index (κ1) is 10.8. The van der Waals surface area contributed by atoms with Crippen molar-refractivity contribution in [2.24, 2.45) is 0 Å². The number of thiazole rings is 1. The zero-order valence-corrected chi connectivity index (χ0v) is 9.75. The van der Waals surface area contributed by atoms with Gasteiger partial charge in [-0.2, -0.15) is 0 Å². The van der Waals surface area contributed by atoms with Crippen LogP contribution in [0.2, 0.25) is 0 Å². The van der Waals surface area contributed by atoms with Gasteiger partial charge >= 0.3 is 5.97 Å². The number of hydrogen-bond donors (Lipinski definition) is 0. The lowest BCUT2D eigenvalue weighted by molar-refractivity contribution is 0.0606. The minimum Gasteiger partial charge on any atom is -0.465 e. The summed E-state index contributed by atoms with van der Waals surface area (Å²) in [4.78, 5) is 20.1. The van der Waals surface area contributed by atoms with Crippen LogP contribution in [0.5, 0.6) is 0 Å². The van der Waals surface area contributed by atoms with Crippen molar-refractivity contribution in [3.8, 4) is 10.6 Å². The highest BCUT2D eigenvalue weighted by molar-refractivity contribution is 7.16. The first-order valence-corrected chi connectivity index (χ1v) is 5.49. The van der Waals surface area contributed by atoms with Crippen molar-refractivity contribution in [2.45, 2.75) is 6.92 Å². The molecule has 0 spiro atoms. The van der Waals surface area contributed by atoms with Crippen LogP contribution in [0.3, 0.4) is 0 Å². The van der Waals surface area contributed by atoms with Crippen LogP contribution in [0.25, 0.3) is 10.6 Å². The second-order valence-corrected chi connectivity index (χ2v) is 4.24. The second-order valence-electron chi connectivity index (χ2n) is 3.21. The summed E-state index contributed by atoms with van der Waals surface area (Å²) in [5.74, 6) is -0.358. The lowest BCUT2D eigenvalue weighted by Gasteiger charge is -1.95. The highest BCUT2D eigenvalue weighted by atomic mass is 32.1. The molecule has 0 saturated heterocycles. The number of methoxy groups -OCH3 is 1. The maximum absolute atomic E-state index is 11.2. The smallest absolute Gasteiger partial charge is 0.349 e. The van der Waals surface area contributed by atoms with Crippen molar-refractivity contribution in [2.75, 3.05) is 7.11 Å². The van der Waals surface area contributed by atoms with Gasteiger partial charge in [-0.05, 0) is 19.1 Å². The first-order chi connectivity index (χ1) is 7.70. The van der Waals surface area contributed by atoms with Gasteiger partial charge in [-0.15, -0.1) is 11.3 Å². The Morgan fingerprint density at radius 3 is 2.75 bits per heavy atom. The first-order valence-electron chi connectivity index (χ1n) is 4.68. The predicted octanol–water partition coefficient (Wildman–Crippen LogP) is 2.30. The van der Waals surface area contributed by atoms with Crippen LogP contribution >= 0.6 is 11.3 Å². The highest BCUT2D eigenvalue weighted by Crippen LogP contribution is 2.24. The quantitative estimate of drug-likeness (QED) is 0.748. The molecule has 5 heteroatoms. The Balaban J connectivity index is 2.31. The van der Waals surface area contributed by atoms with Crippen molar-refractivity contribution in [3.63, 3.8) is 0 Å². The van der Waals surface area contributed by atoms with Gasteiger partial charge in [0.1, 0.15) is 9.88 Å². The summed E-state index contributed by atoms with van der Waals surface area (Å²) in [6.07, 6.45) is 3.26. The number of hydrogen-bond acceptors (Lipinski definition) is 5.